The standard InChI is InChI=1S/C14H14O2P2S4/c1-16-12-4-8-14(9-5-12)18(20)21-17(19,22-18)13-6-2-11(10-15)3-7-13/h2-9,15H,10H2,1H3. The molecule has 8 heteroatoms. The van der Waals surface area contributed by atoms with Gasteiger partial charge in [-0.25, -0.2) is 0 Å². The number of rotatable bonds is 4. The summed E-state index contributed by atoms with van der Waals surface area (Å²) in [5.74, 6) is 0.847. The van der Waals surface area contributed by atoms with Gasteiger partial charge in [0.05, 0.1) is 22.6 Å². The highest BCUT2D eigenvalue weighted by Gasteiger charge is 2.45. The van der Waals surface area contributed by atoms with E-state index in [0.29, 0.717) is 0 Å². The number of aliphatic hydroxyl groups is 1. The van der Waals surface area contributed by atoms with E-state index in [0.717, 1.165) is 11.3 Å². The summed E-state index contributed by atoms with van der Waals surface area (Å²) in [6, 6.07) is 16.0. The molecule has 0 unspecified atom stereocenters. The van der Waals surface area contributed by atoms with Gasteiger partial charge in [0.2, 0.25) is 0 Å². The lowest BCUT2D eigenvalue weighted by atomic mass is 10.2. The van der Waals surface area contributed by atoms with Crippen LogP contribution >= 0.6 is 30.9 Å². The van der Waals surface area contributed by atoms with Gasteiger partial charge in [0.25, 0.3) is 0 Å². The summed E-state index contributed by atoms with van der Waals surface area (Å²) in [6.07, 6.45) is 0. The van der Waals surface area contributed by atoms with E-state index in [2.05, 4.69) is 12.1 Å². The molecule has 1 aliphatic rings. The summed E-state index contributed by atoms with van der Waals surface area (Å²) in [6.45, 7) is 0.0628. The van der Waals surface area contributed by atoms with Crippen LogP contribution in [0.5, 0.6) is 5.75 Å². The molecule has 0 saturated carbocycles. The number of benzene rings is 2. The van der Waals surface area contributed by atoms with Crippen molar-refractivity contribution in [3.63, 3.8) is 0 Å². The molecule has 0 bridgehead atoms. The molecule has 1 N–H and O–H groups in total. The van der Waals surface area contributed by atoms with Crippen molar-refractivity contribution in [1.82, 2.24) is 0 Å². The first kappa shape index (κ1) is 17.0. The van der Waals surface area contributed by atoms with Crippen molar-refractivity contribution >= 4 is 65.1 Å². The molecule has 1 saturated heterocycles. The molecule has 0 spiro atoms. The van der Waals surface area contributed by atoms with Gasteiger partial charge in [0.1, 0.15) is 5.75 Å². The van der Waals surface area contributed by atoms with Crippen molar-refractivity contribution in [2.45, 2.75) is 6.61 Å². The van der Waals surface area contributed by atoms with Crippen molar-refractivity contribution in [1.29, 1.82) is 0 Å². The monoisotopic (exact) mass is 404 g/mol. The zero-order valence-corrected chi connectivity index (χ0v) is 16.8. The third-order valence-corrected chi connectivity index (χ3v) is 34.5. The minimum Gasteiger partial charge on any atom is -0.497 e. The van der Waals surface area contributed by atoms with Gasteiger partial charge < -0.3 is 9.84 Å². The average Bonchev–Trinajstić information content (AvgIpc) is 2.53. The van der Waals surface area contributed by atoms with E-state index >= 15 is 0 Å². The second-order valence-corrected chi connectivity index (χ2v) is 26.0. The molecule has 2 aromatic rings. The molecule has 116 valence electrons. The van der Waals surface area contributed by atoms with Crippen LogP contribution in [0.2, 0.25) is 0 Å². The van der Waals surface area contributed by atoms with Crippen LogP contribution in [-0.4, -0.2) is 12.2 Å². The highest BCUT2D eigenvalue weighted by Crippen LogP contribution is 3.04. The van der Waals surface area contributed by atoms with Gasteiger partial charge in [-0.05, 0) is 29.8 Å². The zero-order valence-electron chi connectivity index (χ0n) is 11.7. The Balaban J connectivity index is 1.81. The summed E-state index contributed by atoms with van der Waals surface area (Å²) in [7, 11) is 1.66. The van der Waals surface area contributed by atoms with Crippen LogP contribution in [-0.2, 0) is 30.2 Å². The smallest absolute Gasteiger partial charge is 0.118 e. The lowest BCUT2D eigenvalue weighted by molar-refractivity contribution is 0.282. The van der Waals surface area contributed by atoms with Crippen molar-refractivity contribution < 1.29 is 9.84 Å². The fourth-order valence-corrected chi connectivity index (χ4v) is 44.3. The van der Waals surface area contributed by atoms with E-state index < -0.39 is 8.88 Å². The van der Waals surface area contributed by atoms with Crippen molar-refractivity contribution in [2.24, 2.45) is 0 Å². The van der Waals surface area contributed by atoms with Crippen LogP contribution in [0, 0.1) is 0 Å². The van der Waals surface area contributed by atoms with Gasteiger partial charge in [0, 0.05) is 10.6 Å². The molecule has 22 heavy (non-hydrogen) atoms. The topological polar surface area (TPSA) is 29.5 Å². The Kier molecular flexibility index (Phi) is 5.11. The fourth-order valence-electron chi connectivity index (χ4n) is 2.03. The van der Waals surface area contributed by atoms with E-state index in [4.69, 9.17) is 33.5 Å². The molecule has 3 rings (SSSR count). The molecular formula is C14H14O2P2S4. The second-order valence-electron chi connectivity index (χ2n) is 4.68. The largest absolute Gasteiger partial charge is 0.497 e. The van der Waals surface area contributed by atoms with Crippen LogP contribution in [0.4, 0.5) is 0 Å². The molecule has 0 amide bonds. The van der Waals surface area contributed by atoms with Crippen molar-refractivity contribution in [3.05, 3.63) is 54.1 Å². The van der Waals surface area contributed by atoms with E-state index in [9.17, 15) is 0 Å². The maximum Gasteiger partial charge on any atom is 0.118 e. The fraction of sp³-hybridized carbons (Fsp3) is 0.143. The van der Waals surface area contributed by atoms with Crippen LogP contribution in [0.25, 0.3) is 0 Å². The van der Waals surface area contributed by atoms with Gasteiger partial charge in [-0.15, -0.1) is 0 Å². The number of methoxy groups -OCH3 is 1. The van der Waals surface area contributed by atoms with E-state index in [1.165, 1.54) is 10.6 Å². The second kappa shape index (κ2) is 6.60. The molecule has 0 radical (unpaired) electrons. The third kappa shape index (κ3) is 3.21. The van der Waals surface area contributed by atoms with Crippen LogP contribution in [0.15, 0.2) is 48.5 Å². The first-order chi connectivity index (χ1) is 10.5. The first-order valence-corrected chi connectivity index (χ1v) is 16.1. The summed E-state index contributed by atoms with van der Waals surface area (Å²) < 4.78 is 1.84. The SMILES string of the molecule is COc1ccc(P2(=S)SP(=S)(c3ccc(CO)cc3)S2)cc1. The number of aliphatic hydroxyl groups excluding tert-OH is 1. The van der Waals surface area contributed by atoms with Crippen molar-refractivity contribution in [2.75, 3.05) is 7.11 Å². The van der Waals surface area contributed by atoms with Crippen LogP contribution < -0.4 is 15.3 Å². The number of hydrogen-bond acceptors (Lipinski definition) is 6. The molecule has 0 aliphatic carbocycles. The molecule has 1 fully saturated rings. The van der Waals surface area contributed by atoms with Crippen LogP contribution in [0.1, 0.15) is 5.56 Å². The molecule has 2 nitrogen and oxygen atoms in total. The summed E-state index contributed by atoms with van der Waals surface area (Å²) in [5, 5.41) is 11.5. The third-order valence-electron chi connectivity index (χ3n) is 3.25. The average molecular weight is 404 g/mol. The van der Waals surface area contributed by atoms with Gasteiger partial charge in [-0.1, -0.05) is 69.9 Å². The summed E-state index contributed by atoms with van der Waals surface area (Å²) in [4.78, 5) is 0. The maximum absolute atomic E-state index is 9.13. The Hall–Kier alpha value is 0.200. The normalized spacial score (nSPS) is 27.2. The summed E-state index contributed by atoms with van der Waals surface area (Å²) in [5.41, 5.74) is 0.912. The number of hydrogen-bond donors (Lipinski definition) is 1. The van der Waals surface area contributed by atoms with Crippen molar-refractivity contribution in [3.8, 4) is 5.75 Å². The Labute approximate surface area is 148 Å². The van der Waals surface area contributed by atoms with Gasteiger partial charge >= 0.3 is 0 Å². The maximum atomic E-state index is 9.13. The zero-order chi connectivity index (χ0) is 15.8. The molecule has 0 atom stereocenters. The first-order valence-electron chi connectivity index (χ1n) is 6.47. The Morgan fingerprint density at radius 1 is 0.909 bits per heavy atom. The summed E-state index contributed by atoms with van der Waals surface area (Å²) >= 11 is 15.4. The van der Waals surface area contributed by atoms with E-state index in [-0.39, 0.29) is 6.61 Å². The highest BCUT2D eigenvalue weighted by molar-refractivity contribution is 9.48. The van der Waals surface area contributed by atoms with Gasteiger partial charge in [-0.3, -0.25) is 0 Å². The Morgan fingerprint density at radius 3 is 1.77 bits per heavy atom. The molecule has 1 heterocycles. The van der Waals surface area contributed by atoms with Crippen LogP contribution in [0.3, 0.4) is 0 Å². The highest BCUT2D eigenvalue weighted by atomic mass is 33.7. The molecule has 2 aromatic carbocycles. The van der Waals surface area contributed by atoms with Gasteiger partial charge in [0.15, 0.2) is 0 Å². The minimum atomic E-state index is -1.68. The predicted molar refractivity (Wildman–Crippen MR) is 108 cm³/mol. The van der Waals surface area contributed by atoms with Gasteiger partial charge in [-0.2, -0.15) is 0 Å². The lowest BCUT2D eigenvalue weighted by Gasteiger charge is -2.40. The quantitative estimate of drug-likeness (QED) is 0.767. The Morgan fingerprint density at radius 2 is 1.36 bits per heavy atom. The minimum absolute atomic E-state index is 0.0628. The molecular weight excluding hydrogens is 390 g/mol. The molecule has 1 aliphatic heterocycles. The lowest BCUT2D eigenvalue weighted by Crippen LogP contribution is -2.09. The van der Waals surface area contributed by atoms with E-state index in [1.54, 1.807) is 7.11 Å². The number of ether oxygens (including phenoxy) is 1. The Bertz CT molecular complexity index is 695. The predicted octanol–water partition coefficient (Wildman–Crippen LogP) is 4.24. The van der Waals surface area contributed by atoms with E-state index in [1.807, 2.05) is 58.4 Å². The molecule has 0 aromatic heterocycles.